The van der Waals surface area contributed by atoms with Crippen molar-refractivity contribution in [3.63, 3.8) is 0 Å². The Kier molecular flexibility index (Phi) is 5.74. The molecule has 0 atom stereocenters. The van der Waals surface area contributed by atoms with Gasteiger partial charge in [0.25, 0.3) is 0 Å². The summed E-state index contributed by atoms with van der Waals surface area (Å²) in [4.78, 5) is 0. The van der Waals surface area contributed by atoms with Crippen molar-refractivity contribution in [3.8, 4) is 0 Å². The first-order chi connectivity index (χ1) is 7.58. The smallest absolute Gasteiger partial charge is 0.125 e. The molecule has 0 unspecified atom stereocenters. The fourth-order valence-electron chi connectivity index (χ4n) is 1.31. The van der Waals surface area contributed by atoms with Gasteiger partial charge in [-0.1, -0.05) is 11.6 Å². The minimum atomic E-state index is -0.303. The zero-order valence-corrected chi connectivity index (χ0v) is 10.4. The Balaban J connectivity index is 2.26. The van der Waals surface area contributed by atoms with Gasteiger partial charge in [0.2, 0.25) is 0 Å². The summed E-state index contributed by atoms with van der Waals surface area (Å²) in [5.41, 5.74) is 0.842. The molecule has 0 bridgehead atoms. The second-order valence-corrected chi connectivity index (χ2v) is 4.31. The Labute approximate surface area is 101 Å². The van der Waals surface area contributed by atoms with Gasteiger partial charge in [0.15, 0.2) is 0 Å². The van der Waals surface area contributed by atoms with Gasteiger partial charge < -0.3 is 10.1 Å². The SMILES string of the molecule is CC(C)OCCNCc1cc(F)cc(Cl)c1. The first kappa shape index (κ1) is 13.4. The highest BCUT2D eigenvalue weighted by Crippen LogP contribution is 2.13. The van der Waals surface area contributed by atoms with Gasteiger partial charge in [-0.25, -0.2) is 4.39 Å². The third-order valence-corrected chi connectivity index (χ3v) is 2.20. The molecule has 0 saturated heterocycles. The molecule has 0 heterocycles. The van der Waals surface area contributed by atoms with Crippen LogP contribution in [0.2, 0.25) is 5.02 Å². The third-order valence-electron chi connectivity index (χ3n) is 1.98. The van der Waals surface area contributed by atoms with Crippen LogP contribution < -0.4 is 5.32 Å². The number of nitrogens with one attached hydrogen (secondary N) is 1. The van der Waals surface area contributed by atoms with Crippen LogP contribution in [0.25, 0.3) is 0 Å². The van der Waals surface area contributed by atoms with Crippen LogP contribution in [-0.4, -0.2) is 19.3 Å². The first-order valence-electron chi connectivity index (χ1n) is 5.35. The molecule has 4 heteroatoms. The Morgan fingerprint density at radius 2 is 2.12 bits per heavy atom. The molecule has 0 saturated carbocycles. The summed E-state index contributed by atoms with van der Waals surface area (Å²) in [6, 6.07) is 4.52. The lowest BCUT2D eigenvalue weighted by atomic mass is 10.2. The number of hydrogen-bond acceptors (Lipinski definition) is 2. The largest absolute Gasteiger partial charge is 0.377 e. The van der Waals surface area contributed by atoms with Gasteiger partial charge in [-0.3, -0.25) is 0 Å². The average Bonchev–Trinajstić information content (AvgIpc) is 2.15. The lowest BCUT2D eigenvalue weighted by Crippen LogP contribution is -2.21. The van der Waals surface area contributed by atoms with Crippen molar-refractivity contribution in [1.29, 1.82) is 0 Å². The standard InChI is InChI=1S/C12H17ClFNO/c1-9(2)16-4-3-15-8-10-5-11(13)7-12(14)6-10/h5-7,9,15H,3-4,8H2,1-2H3. The molecule has 0 amide bonds. The van der Waals surface area contributed by atoms with Crippen LogP contribution >= 0.6 is 11.6 Å². The van der Waals surface area contributed by atoms with E-state index in [1.807, 2.05) is 13.8 Å². The molecule has 0 fully saturated rings. The average molecular weight is 246 g/mol. The van der Waals surface area contributed by atoms with Crippen molar-refractivity contribution in [2.75, 3.05) is 13.2 Å². The van der Waals surface area contributed by atoms with E-state index < -0.39 is 0 Å². The Morgan fingerprint density at radius 3 is 2.75 bits per heavy atom. The van der Waals surface area contributed by atoms with Crippen LogP contribution in [-0.2, 0) is 11.3 Å². The lowest BCUT2D eigenvalue weighted by molar-refractivity contribution is 0.0807. The highest BCUT2D eigenvalue weighted by Gasteiger charge is 1.99. The molecule has 2 nitrogen and oxygen atoms in total. The predicted molar refractivity (Wildman–Crippen MR) is 64.2 cm³/mol. The molecule has 0 aliphatic heterocycles. The van der Waals surface area contributed by atoms with E-state index in [9.17, 15) is 4.39 Å². The molecule has 0 aliphatic carbocycles. The highest BCUT2D eigenvalue weighted by atomic mass is 35.5. The van der Waals surface area contributed by atoms with Crippen molar-refractivity contribution < 1.29 is 9.13 Å². The molecule has 0 aliphatic rings. The molecule has 90 valence electrons. The van der Waals surface area contributed by atoms with Gasteiger partial charge in [0.05, 0.1) is 12.7 Å². The second-order valence-electron chi connectivity index (χ2n) is 3.87. The number of hydrogen-bond donors (Lipinski definition) is 1. The van der Waals surface area contributed by atoms with Gasteiger partial charge in [0.1, 0.15) is 5.82 Å². The van der Waals surface area contributed by atoms with Crippen LogP contribution in [0, 0.1) is 5.82 Å². The van der Waals surface area contributed by atoms with E-state index in [4.69, 9.17) is 16.3 Å². The number of halogens is 2. The summed E-state index contributed by atoms with van der Waals surface area (Å²) >= 11 is 5.74. The zero-order chi connectivity index (χ0) is 12.0. The Morgan fingerprint density at radius 1 is 1.38 bits per heavy atom. The second kappa shape index (κ2) is 6.84. The molecule has 1 rings (SSSR count). The fourth-order valence-corrected chi connectivity index (χ4v) is 1.56. The van der Waals surface area contributed by atoms with E-state index in [2.05, 4.69) is 5.32 Å². The van der Waals surface area contributed by atoms with Crippen LogP contribution in [0.3, 0.4) is 0 Å². The molecular formula is C12H17ClFNO. The van der Waals surface area contributed by atoms with E-state index >= 15 is 0 Å². The minimum absolute atomic E-state index is 0.241. The van der Waals surface area contributed by atoms with Crippen LogP contribution in [0.5, 0.6) is 0 Å². The molecular weight excluding hydrogens is 229 g/mol. The Hall–Kier alpha value is -0.640. The molecule has 16 heavy (non-hydrogen) atoms. The van der Waals surface area contributed by atoms with Crippen LogP contribution in [0.1, 0.15) is 19.4 Å². The van der Waals surface area contributed by atoms with Crippen molar-refractivity contribution in [2.24, 2.45) is 0 Å². The minimum Gasteiger partial charge on any atom is -0.377 e. The highest BCUT2D eigenvalue weighted by molar-refractivity contribution is 6.30. The van der Waals surface area contributed by atoms with Crippen molar-refractivity contribution in [1.82, 2.24) is 5.32 Å². The molecule has 0 radical (unpaired) electrons. The van der Waals surface area contributed by atoms with Gasteiger partial charge in [0, 0.05) is 18.1 Å². The molecule has 1 aromatic rings. The van der Waals surface area contributed by atoms with Gasteiger partial charge >= 0.3 is 0 Å². The van der Waals surface area contributed by atoms with Crippen molar-refractivity contribution in [2.45, 2.75) is 26.5 Å². The number of rotatable bonds is 6. The maximum Gasteiger partial charge on any atom is 0.125 e. The monoisotopic (exact) mass is 245 g/mol. The van der Waals surface area contributed by atoms with Crippen molar-refractivity contribution in [3.05, 3.63) is 34.6 Å². The topological polar surface area (TPSA) is 21.3 Å². The summed E-state index contributed by atoms with van der Waals surface area (Å²) < 4.78 is 18.3. The summed E-state index contributed by atoms with van der Waals surface area (Å²) in [7, 11) is 0. The Bertz CT molecular complexity index is 311. The summed E-state index contributed by atoms with van der Waals surface area (Å²) in [6.07, 6.45) is 0.241. The number of benzene rings is 1. The van der Waals surface area contributed by atoms with Gasteiger partial charge in [-0.05, 0) is 37.6 Å². The maximum absolute atomic E-state index is 13.0. The van der Waals surface area contributed by atoms with Gasteiger partial charge in [-0.15, -0.1) is 0 Å². The molecule has 1 N–H and O–H groups in total. The van der Waals surface area contributed by atoms with Crippen molar-refractivity contribution >= 4 is 11.6 Å². The van der Waals surface area contributed by atoms with E-state index in [1.165, 1.54) is 12.1 Å². The quantitative estimate of drug-likeness (QED) is 0.778. The van der Waals surface area contributed by atoms with E-state index in [-0.39, 0.29) is 11.9 Å². The third kappa shape index (κ3) is 5.45. The van der Waals surface area contributed by atoms with E-state index in [1.54, 1.807) is 6.07 Å². The summed E-state index contributed by atoms with van der Waals surface area (Å²) in [6.45, 7) is 5.98. The summed E-state index contributed by atoms with van der Waals surface area (Å²) in [5.74, 6) is -0.303. The van der Waals surface area contributed by atoms with Crippen LogP contribution in [0.4, 0.5) is 4.39 Å². The normalized spacial score (nSPS) is 11.1. The maximum atomic E-state index is 13.0. The molecule has 1 aromatic carbocycles. The number of ether oxygens (including phenoxy) is 1. The lowest BCUT2D eigenvalue weighted by Gasteiger charge is -2.08. The first-order valence-corrected chi connectivity index (χ1v) is 5.73. The fraction of sp³-hybridized carbons (Fsp3) is 0.500. The van der Waals surface area contributed by atoms with E-state index in [0.29, 0.717) is 18.2 Å². The zero-order valence-electron chi connectivity index (χ0n) is 9.59. The predicted octanol–water partition coefficient (Wildman–Crippen LogP) is 2.99. The molecule has 0 aromatic heterocycles. The van der Waals surface area contributed by atoms with Gasteiger partial charge in [-0.2, -0.15) is 0 Å². The molecule has 0 spiro atoms. The van der Waals surface area contributed by atoms with E-state index in [0.717, 1.165) is 12.1 Å². The summed E-state index contributed by atoms with van der Waals surface area (Å²) in [5, 5.41) is 3.59. The van der Waals surface area contributed by atoms with Crippen LogP contribution in [0.15, 0.2) is 18.2 Å².